The number of aliphatic imine (C=N–C) groups is 1. The van der Waals surface area contributed by atoms with E-state index in [9.17, 15) is 0 Å². The summed E-state index contributed by atoms with van der Waals surface area (Å²) in [6.07, 6.45) is 0.910. The molecule has 1 heterocycles. The highest BCUT2D eigenvalue weighted by atomic mass is 16.5. The molecule has 3 aromatic rings. The number of hydrogen-bond acceptors (Lipinski definition) is 3. The number of methoxy groups -OCH3 is 1. The Morgan fingerprint density at radius 2 is 1.83 bits per heavy atom. The first-order chi connectivity index (χ1) is 14.1. The monoisotopic (exact) mass is 391 g/mol. The van der Waals surface area contributed by atoms with E-state index in [2.05, 4.69) is 58.0 Å². The largest absolute Gasteiger partial charge is 0.497 e. The molecule has 3 rings (SSSR count). The number of hydrogen-bond donors (Lipinski definition) is 2. The topological polar surface area (TPSA) is 63.5 Å². The Morgan fingerprint density at radius 3 is 2.48 bits per heavy atom. The van der Waals surface area contributed by atoms with Crippen molar-refractivity contribution in [3.05, 3.63) is 77.1 Å². The number of benzene rings is 2. The molecule has 0 spiro atoms. The zero-order valence-electron chi connectivity index (χ0n) is 17.6. The molecule has 6 heteroatoms. The Morgan fingerprint density at radius 1 is 1.07 bits per heavy atom. The van der Waals surface area contributed by atoms with Crippen LogP contribution in [0.4, 0.5) is 0 Å². The molecule has 1 aromatic heterocycles. The maximum absolute atomic E-state index is 5.20. The third-order valence-corrected chi connectivity index (χ3v) is 4.76. The number of nitrogens with zero attached hydrogens (tertiary/aromatic N) is 3. The Balaban J connectivity index is 1.58. The van der Waals surface area contributed by atoms with Crippen LogP contribution in [-0.4, -0.2) is 36.4 Å². The standard InChI is InChI=1S/C23H29N5O/c1-17-15-18(2)28(27-17)22-8-6-5-7-20(22)16-26-23(24-3)25-14-13-19-9-11-21(29-4)12-10-19/h5-12,15H,13-14,16H2,1-4H3,(H2,24,25,26). The van der Waals surface area contributed by atoms with Gasteiger partial charge in [-0.1, -0.05) is 30.3 Å². The zero-order chi connectivity index (χ0) is 20.6. The summed E-state index contributed by atoms with van der Waals surface area (Å²) in [5.74, 6) is 1.65. The molecule has 152 valence electrons. The molecule has 0 radical (unpaired) electrons. The lowest BCUT2D eigenvalue weighted by molar-refractivity contribution is 0.414. The SMILES string of the molecule is CN=C(NCCc1ccc(OC)cc1)NCc1ccccc1-n1nc(C)cc1C. The van der Waals surface area contributed by atoms with Crippen molar-refractivity contribution >= 4 is 5.96 Å². The average Bonchev–Trinajstić information content (AvgIpc) is 3.09. The quantitative estimate of drug-likeness (QED) is 0.479. The van der Waals surface area contributed by atoms with E-state index in [4.69, 9.17) is 4.74 Å². The Labute approximate surface area is 172 Å². The third-order valence-electron chi connectivity index (χ3n) is 4.76. The fraction of sp³-hybridized carbons (Fsp3) is 0.304. The maximum Gasteiger partial charge on any atom is 0.191 e. The van der Waals surface area contributed by atoms with Crippen molar-refractivity contribution in [3.8, 4) is 11.4 Å². The van der Waals surface area contributed by atoms with Crippen LogP contribution in [0.1, 0.15) is 22.5 Å². The molecule has 2 N–H and O–H groups in total. The molecule has 0 aliphatic heterocycles. The van der Waals surface area contributed by atoms with E-state index in [1.165, 1.54) is 5.56 Å². The van der Waals surface area contributed by atoms with Gasteiger partial charge < -0.3 is 15.4 Å². The maximum atomic E-state index is 5.20. The molecule has 0 bridgehead atoms. The number of guanidine groups is 1. The number of para-hydroxylation sites is 1. The zero-order valence-corrected chi connectivity index (χ0v) is 17.6. The molecule has 0 aliphatic carbocycles. The highest BCUT2D eigenvalue weighted by Crippen LogP contribution is 2.17. The first-order valence-electron chi connectivity index (χ1n) is 9.79. The minimum absolute atomic E-state index is 0.663. The molecule has 29 heavy (non-hydrogen) atoms. The summed E-state index contributed by atoms with van der Waals surface area (Å²) in [7, 11) is 3.47. The summed E-state index contributed by atoms with van der Waals surface area (Å²) >= 11 is 0. The highest BCUT2D eigenvalue weighted by molar-refractivity contribution is 5.79. The van der Waals surface area contributed by atoms with E-state index in [1.54, 1.807) is 14.2 Å². The average molecular weight is 392 g/mol. The fourth-order valence-corrected chi connectivity index (χ4v) is 3.26. The smallest absolute Gasteiger partial charge is 0.191 e. The van der Waals surface area contributed by atoms with Crippen molar-refractivity contribution in [1.82, 2.24) is 20.4 Å². The molecule has 0 saturated heterocycles. The van der Waals surface area contributed by atoms with Gasteiger partial charge in [0.25, 0.3) is 0 Å². The molecule has 2 aromatic carbocycles. The van der Waals surface area contributed by atoms with Gasteiger partial charge >= 0.3 is 0 Å². The van der Waals surface area contributed by atoms with Gasteiger partial charge in [-0.3, -0.25) is 4.99 Å². The van der Waals surface area contributed by atoms with E-state index in [0.29, 0.717) is 6.54 Å². The second kappa shape index (κ2) is 9.78. The first kappa shape index (κ1) is 20.5. The van der Waals surface area contributed by atoms with E-state index < -0.39 is 0 Å². The lowest BCUT2D eigenvalue weighted by Crippen LogP contribution is -2.38. The lowest BCUT2D eigenvalue weighted by Gasteiger charge is -2.15. The fourth-order valence-electron chi connectivity index (χ4n) is 3.26. The summed E-state index contributed by atoms with van der Waals surface area (Å²) in [4.78, 5) is 4.34. The van der Waals surface area contributed by atoms with Crippen LogP contribution in [-0.2, 0) is 13.0 Å². The number of rotatable bonds is 7. The summed E-state index contributed by atoms with van der Waals surface area (Å²) in [6, 6.07) is 18.5. The van der Waals surface area contributed by atoms with Crippen LogP contribution < -0.4 is 15.4 Å². The molecule has 0 fully saturated rings. The normalized spacial score (nSPS) is 11.4. The van der Waals surface area contributed by atoms with Crippen LogP contribution in [0.3, 0.4) is 0 Å². The second-order valence-corrected chi connectivity index (χ2v) is 6.92. The van der Waals surface area contributed by atoms with Gasteiger partial charge in [-0.15, -0.1) is 0 Å². The van der Waals surface area contributed by atoms with Gasteiger partial charge in [-0.2, -0.15) is 5.10 Å². The van der Waals surface area contributed by atoms with E-state index in [1.807, 2.05) is 35.9 Å². The van der Waals surface area contributed by atoms with Crippen molar-refractivity contribution in [2.24, 2.45) is 4.99 Å². The van der Waals surface area contributed by atoms with Gasteiger partial charge in [0.15, 0.2) is 5.96 Å². The molecule has 0 amide bonds. The van der Waals surface area contributed by atoms with Crippen molar-refractivity contribution in [2.45, 2.75) is 26.8 Å². The second-order valence-electron chi connectivity index (χ2n) is 6.92. The van der Waals surface area contributed by atoms with Crippen molar-refractivity contribution in [1.29, 1.82) is 0 Å². The van der Waals surface area contributed by atoms with Crippen molar-refractivity contribution < 1.29 is 4.74 Å². The van der Waals surface area contributed by atoms with Crippen LogP contribution in [0.25, 0.3) is 5.69 Å². The van der Waals surface area contributed by atoms with E-state index >= 15 is 0 Å². The molecule has 0 saturated carbocycles. The summed E-state index contributed by atoms with van der Waals surface area (Å²) in [5.41, 5.74) is 5.64. The number of aryl methyl sites for hydroxylation is 2. The first-order valence-corrected chi connectivity index (χ1v) is 9.79. The third kappa shape index (κ3) is 5.38. The number of nitrogens with one attached hydrogen (secondary N) is 2. The van der Waals surface area contributed by atoms with Gasteiger partial charge in [-0.05, 0) is 55.7 Å². The minimum atomic E-state index is 0.663. The highest BCUT2D eigenvalue weighted by Gasteiger charge is 2.09. The van der Waals surface area contributed by atoms with Gasteiger partial charge in [-0.25, -0.2) is 4.68 Å². The predicted molar refractivity (Wildman–Crippen MR) is 118 cm³/mol. The lowest BCUT2D eigenvalue weighted by atomic mass is 10.1. The van der Waals surface area contributed by atoms with Gasteiger partial charge in [0.05, 0.1) is 18.5 Å². The summed E-state index contributed by atoms with van der Waals surface area (Å²) < 4.78 is 7.19. The van der Waals surface area contributed by atoms with Crippen LogP contribution in [0.2, 0.25) is 0 Å². The molecular formula is C23H29N5O. The van der Waals surface area contributed by atoms with Crippen LogP contribution in [0.15, 0.2) is 59.6 Å². The molecule has 0 aliphatic rings. The minimum Gasteiger partial charge on any atom is -0.497 e. The van der Waals surface area contributed by atoms with Crippen LogP contribution in [0.5, 0.6) is 5.75 Å². The predicted octanol–water partition coefficient (Wildman–Crippen LogP) is 3.41. The molecule has 6 nitrogen and oxygen atoms in total. The molecule has 0 unspecified atom stereocenters. The Hall–Kier alpha value is -3.28. The van der Waals surface area contributed by atoms with Crippen molar-refractivity contribution in [2.75, 3.05) is 20.7 Å². The summed E-state index contributed by atoms with van der Waals surface area (Å²) in [5, 5.41) is 11.4. The number of aromatic nitrogens is 2. The summed E-state index contributed by atoms with van der Waals surface area (Å²) in [6.45, 7) is 5.55. The Bertz CT molecular complexity index is 960. The van der Waals surface area contributed by atoms with Gasteiger partial charge in [0.1, 0.15) is 5.75 Å². The van der Waals surface area contributed by atoms with Crippen LogP contribution in [0, 0.1) is 13.8 Å². The van der Waals surface area contributed by atoms with Gasteiger partial charge in [0, 0.05) is 25.8 Å². The number of ether oxygens (including phenoxy) is 1. The Kier molecular flexibility index (Phi) is 6.89. The van der Waals surface area contributed by atoms with Gasteiger partial charge in [0.2, 0.25) is 0 Å². The molecule has 0 atom stereocenters. The van der Waals surface area contributed by atoms with E-state index in [0.717, 1.165) is 47.3 Å². The van der Waals surface area contributed by atoms with E-state index in [-0.39, 0.29) is 0 Å². The molecular weight excluding hydrogens is 362 g/mol. The van der Waals surface area contributed by atoms with Crippen molar-refractivity contribution in [3.63, 3.8) is 0 Å². The van der Waals surface area contributed by atoms with Crippen LogP contribution >= 0.6 is 0 Å².